The average Bonchev–Trinajstić information content (AvgIpc) is 2.03. The number of alkyl halides is 1. The van der Waals surface area contributed by atoms with E-state index in [1.54, 1.807) is 0 Å². The molecule has 0 saturated heterocycles. The molecule has 11 heavy (non-hydrogen) atoms. The van der Waals surface area contributed by atoms with Crippen molar-refractivity contribution in [1.29, 1.82) is 0 Å². The Hall–Kier alpha value is 0.210. The largest absolute Gasteiger partial charge is 0.330 e. The molecule has 0 heterocycles. The molecule has 0 aromatic carbocycles. The lowest BCUT2D eigenvalue weighted by atomic mass is 10.2. The van der Waals surface area contributed by atoms with Crippen LogP contribution >= 0.6 is 11.6 Å². The predicted molar refractivity (Wildman–Crippen MR) is 51.1 cm³/mol. The van der Waals surface area contributed by atoms with E-state index in [1.165, 1.54) is 19.3 Å². The van der Waals surface area contributed by atoms with Crippen LogP contribution in [0.25, 0.3) is 0 Å². The first-order chi connectivity index (χ1) is 5.41. The van der Waals surface area contributed by atoms with Crippen molar-refractivity contribution in [3.05, 3.63) is 0 Å². The number of nitrogens with one attached hydrogen (secondary N) is 1. The van der Waals surface area contributed by atoms with E-state index in [0.717, 1.165) is 26.1 Å². The van der Waals surface area contributed by atoms with Gasteiger partial charge in [-0.25, -0.2) is 0 Å². The van der Waals surface area contributed by atoms with Gasteiger partial charge < -0.3 is 11.1 Å². The first-order valence-corrected chi connectivity index (χ1v) is 4.92. The summed E-state index contributed by atoms with van der Waals surface area (Å²) in [5, 5.41) is 3.25. The van der Waals surface area contributed by atoms with Crippen molar-refractivity contribution in [2.24, 2.45) is 5.73 Å². The fourth-order valence-electron chi connectivity index (χ4n) is 0.940. The Morgan fingerprint density at radius 1 is 1.00 bits per heavy atom. The summed E-state index contributed by atoms with van der Waals surface area (Å²) in [4.78, 5) is 0. The Bertz CT molecular complexity index is 61.1. The lowest BCUT2D eigenvalue weighted by molar-refractivity contribution is 0.602. The third-order valence-corrected chi connectivity index (χ3v) is 1.77. The summed E-state index contributed by atoms with van der Waals surface area (Å²) < 4.78 is 0. The summed E-state index contributed by atoms with van der Waals surface area (Å²) in [6, 6.07) is 0. The first-order valence-electron chi connectivity index (χ1n) is 4.38. The molecule has 0 atom stereocenters. The van der Waals surface area contributed by atoms with E-state index in [1.807, 2.05) is 0 Å². The first kappa shape index (κ1) is 11.2. The summed E-state index contributed by atoms with van der Waals surface area (Å²) in [5.41, 5.74) is 5.36. The topological polar surface area (TPSA) is 38.0 Å². The molecular weight excluding hydrogens is 160 g/mol. The Labute approximate surface area is 74.5 Å². The summed E-state index contributed by atoms with van der Waals surface area (Å²) >= 11 is 5.49. The van der Waals surface area contributed by atoms with Crippen LogP contribution in [0.1, 0.15) is 25.7 Å². The normalized spacial score (nSPS) is 10.4. The molecule has 0 amide bonds. The molecule has 0 bridgehead atoms. The van der Waals surface area contributed by atoms with Crippen molar-refractivity contribution in [3.8, 4) is 0 Å². The third-order valence-electron chi connectivity index (χ3n) is 1.58. The van der Waals surface area contributed by atoms with E-state index < -0.39 is 0 Å². The van der Waals surface area contributed by atoms with Gasteiger partial charge in [-0.05, 0) is 25.9 Å². The zero-order valence-corrected chi connectivity index (χ0v) is 7.87. The van der Waals surface area contributed by atoms with Gasteiger partial charge in [-0.3, -0.25) is 0 Å². The SMILES string of the molecule is NCCCCCCNCCCl. The van der Waals surface area contributed by atoms with Crippen LogP contribution in [0.3, 0.4) is 0 Å². The monoisotopic (exact) mass is 178 g/mol. The maximum atomic E-state index is 5.49. The van der Waals surface area contributed by atoms with Crippen LogP contribution in [0.2, 0.25) is 0 Å². The van der Waals surface area contributed by atoms with Gasteiger partial charge in [0.15, 0.2) is 0 Å². The summed E-state index contributed by atoms with van der Waals surface area (Å²) in [6.07, 6.45) is 4.96. The van der Waals surface area contributed by atoms with Crippen LogP contribution in [0.15, 0.2) is 0 Å². The smallest absolute Gasteiger partial charge is 0.0348 e. The molecule has 0 saturated carbocycles. The fraction of sp³-hybridized carbons (Fsp3) is 1.00. The van der Waals surface area contributed by atoms with Gasteiger partial charge in [0.25, 0.3) is 0 Å². The maximum Gasteiger partial charge on any atom is 0.0348 e. The van der Waals surface area contributed by atoms with Gasteiger partial charge in [-0.1, -0.05) is 12.8 Å². The highest BCUT2D eigenvalue weighted by molar-refractivity contribution is 6.18. The van der Waals surface area contributed by atoms with Crippen LogP contribution in [0, 0.1) is 0 Å². The van der Waals surface area contributed by atoms with Gasteiger partial charge in [-0.15, -0.1) is 11.6 Å². The van der Waals surface area contributed by atoms with Crippen LogP contribution < -0.4 is 11.1 Å². The Balaban J connectivity index is 2.69. The number of hydrogen-bond acceptors (Lipinski definition) is 2. The Morgan fingerprint density at radius 2 is 1.73 bits per heavy atom. The van der Waals surface area contributed by atoms with Crippen molar-refractivity contribution in [1.82, 2.24) is 5.32 Å². The van der Waals surface area contributed by atoms with E-state index in [-0.39, 0.29) is 0 Å². The van der Waals surface area contributed by atoms with E-state index in [2.05, 4.69) is 5.32 Å². The quantitative estimate of drug-likeness (QED) is 0.435. The molecular formula is C8H19ClN2. The van der Waals surface area contributed by atoms with Gasteiger partial charge in [0, 0.05) is 12.4 Å². The molecule has 0 aliphatic heterocycles. The number of hydrogen-bond donors (Lipinski definition) is 2. The van der Waals surface area contributed by atoms with E-state index >= 15 is 0 Å². The molecule has 0 aliphatic carbocycles. The van der Waals surface area contributed by atoms with Gasteiger partial charge in [0.1, 0.15) is 0 Å². The second-order valence-corrected chi connectivity index (χ2v) is 3.02. The van der Waals surface area contributed by atoms with Gasteiger partial charge in [0.05, 0.1) is 0 Å². The molecule has 0 fully saturated rings. The number of rotatable bonds is 8. The van der Waals surface area contributed by atoms with Crippen molar-refractivity contribution < 1.29 is 0 Å². The van der Waals surface area contributed by atoms with Crippen molar-refractivity contribution >= 4 is 11.6 Å². The molecule has 68 valence electrons. The maximum absolute atomic E-state index is 5.49. The summed E-state index contributed by atoms with van der Waals surface area (Å²) in [7, 11) is 0. The minimum atomic E-state index is 0.711. The second-order valence-electron chi connectivity index (χ2n) is 2.64. The number of nitrogens with two attached hydrogens (primary N) is 1. The number of unbranched alkanes of at least 4 members (excludes halogenated alkanes) is 3. The second kappa shape index (κ2) is 10.2. The minimum Gasteiger partial charge on any atom is -0.330 e. The Morgan fingerprint density at radius 3 is 2.36 bits per heavy atom. The lowest BCUT2D eigenvalue weighted by Crippen LogP contribution is -2.17. The molecule has 0 unspecified atom stereocenters. The standard InChI is InChI=1S/C8H19ClN2/c9-5-8-11-7-4-2-1-3-6-10/h11H,1-8,10H2. The van der Waals surface area contributed by atoms with Gasteiger partial charge >= 0.3 is 0 Å². The highest BCUT2D eigenvalue weighted by Gasteiger charge is 1.88. The van der Waals surface area contributed by atoms with Crippen molar-refractivity contribution in [3.63, 3.8) is 0 Å². The molecule has 0 aromatic heterocycles. The van der Waals surface area contributed by atoms with E-state index in [4.69, 9.17) is 17.3 Å². The van der Waals surface area contributed by atoms with E-state index in [0.29, 0.717) is 5.88 Å². The third kappa shape index (κ3) is 10.2. The van der Waals surface area contributed by atoms with Crippen LogP contribution in [0.5, 0.6) is 0 Å². The van der Waals surface area contributed by atoms with Gasteiger partial charge in [-0.2, -0.15) is 0 Å². The Kier molecular flexibility index (Phi) is 10.4. The molecule has 0 rings (SSSR count). The molecule has 0 spiro atoms. The zero-order valence-electron chi connectivity index (χ0n) is 7.11. The fourth-order valence-corrected chi connectivity index (χ4v) is 1.07. The predicted octanol–water partition coefficient (Wildman–Crippen LogP) is 1.33. The van der Waals surface area contributed by atoms with Gasteiger partial charge in [0.2, 0.25) is 0 Å². The molecule has 3 heteroatoms. The zero-order chi connectivity index (χ0) is 8.36. The minimum absolute atomic E-state index is 0.711. The van der Waals surface area contributed by atoms with Crippen LogP contribution in [-0.2, 0) is 0 Å². The number of halogens is 1. The van der Waals surface area contributed by atoms with Crippen molar-refractivity contribution in [2.75, 3.05) is 25.5 Å². The lowest BCUT2D eigenvalue weighted by Gasteiger charge is -2.01. The highest BCUT2D eigenvalue weighted by atomic mass is 35.5. The summed E-state index contributed by atoms with van der Waals surface area (Å²) in [6.45, 7) is 2.85. The summed E-state index contributed by atoms with van der Waals surface area (Å²) in [5.74, 6) is 0.711. The highest BCUT2D eigenvalue weighted by Crippen LogP contribution is 1.96. The van der Waals surface area contributed by atoms with Crippen molar-refractivity contribution in [2.45, 2.75) is 25.7 Å². The molecule has 0 aliphatic rings. The molecule has 0 radical (unpaired) electrons. The molecule has 0 aromatic rings. The van der Waals surface area contributed by atoms with Crippen LogP contribution in [-0.4, -0.2) is 25.5 Å². The average molecular weight is 179 g/mol. The molecule has 2 nitrogen and oxygen atoms in total. The van der Waals surface area contributed by atoms with E-state index in [9.17, 15) is 0 Å². The molecule has 3 N–H and O–H groups in total. The van der Waals surface area contributed by atoms with Crippen LogP contribution in [0.4, 0.5) is 0 Å².